The number of benzene rings is 3. The molecular formula is C24H23N3O6. The third-order valence-electron chi connectivity index (χ3n) is 4.41. The number of para-hydroxylation sites is 1. The minimum atomic E-state index is -0.537. The van der Waals surface area contributed by atoms with Crippen LogP contribution in [0.25, 0.3) is 0 Å². The lowest BCUT2D eigenvalue weighted by Gasteiger charge is -2.12. The van der Waals surface area contributed by atoms with Crippen LogP contribution in [0.1, 0.15) is 10.4 Å². The van der Waals surface area contributed by atoms with E-state index in [2.05, 4.69) is 20.7 Å². The summed E-state index contributed by atoms with van der Waals surface area (Å²) in [7, 11) is 2.69. The first-order valence-electron chi connectivity index (χ1n) is 9.90. The van der Waals surface area contributed by atoms with Gasteiger partial charge in [0.2, 0.25) is 0 Å². The maximum Gasteiger partial charge on any atom is 0.343 e. The van der Waals surface area contributed by atoms with E-state index >= 15 is 0 Å². The standard InChI is InChI=1S/C24H23N3O6/c1-31-21-13-16(11-12-20(21)33-15-22(28)32-2)23(29)25-18-9-6-10-19(14-18)27-24(30)26-17-7-4-3-5-8-17/h3-14H,15H2,1-2H3,(H,25,29)(H2,26,27,30). The summed E-state index contributed by atoms with van der Waals surface area (Å²) in [6.07, 6.45) is 0. The van der Waals surface area contributed by atoms with Crippen molar-refractivity contribution in [2.75, 3.05) is 36.8 Å². The summed E-state index contributed by atoms with van der Waals surface area (Å²) in [6.45, 7) is -0.282. The van der Waals surface area contributed by atoms with Crippen LogP contribution in [0.5, 0.6) is 11.5 Å². The average molecular weight is 449 g/mol. The summed E-state index contributed by atoms with van der Waals surface area (Å²) in [5, 5.41) is 8.22. The van der Waals surface area contributed by atoms with Crippen molar-refractivity contribution in [3.63, 3.8) is 0 Å². The Balaban J connectivity index is 1.64. The van der Waals surface area contributed by atoms with Crippen LogP contribution in [0.3, 0.4) is 0 Å². The number of carbonyl (C=O) groups excluding carboxylic acids is 3. The van der Waals surface area contributed by atoms with Crippen LogP contribution in [0, 0.1) is 0 Å². The van der Waals surface area contributed by atoms with Crippen molar-refractivity contribution < 1.29 is 28.6 Å². The first kappa shape index (κ1) is 23.1. The SMILES string of the molecule is COC(=O)COc1ccc(C(=O)Nc2cccc(NC(=O)Nc3ccccc3)c2)cc1OC. The van der Waals surface area contributed by atoms with Crippen molar-refractivity contribution in [1.82, 2.24) is 0 Å². The Bertz CT molecular complexity index is 1130. The molecule has 0 saturated carbocycles. The molecule has 0 saturated heterocycles. The number of methoxy groups -OCH3 is 2. The lowest BCUT2D eigenvalue weighted by Crippen LogP contribution is -2.19. The smallest absolute Gasteiger partial charge is 0.343 e. The highest BCUT2D eigenvalue weighted by molar-refractivity contribution is 6.05. The molecule has 3 aromatic rings. The zero-order chi connectivity index (χ0) is 23.6. The van der Waals surface area contributed by atoms with Gasteiger partial charge in [0.1, 0.15) is 0 Å². The molecule has 0 bridgehead atoms. The number of hydrogen-bond acceptors (Lipinski definition) is 6. The predicted molar refractivity (Wildman–Crippen MR) is 124 cm³/mol. The highest BCUT2D eigenvalue weighted by Crippen LogP contribution is 2.28. The second-order valence-electron chi connectivity index (χ2n) is 6.71. The van der Waals surface area contributed by atoms with Gasteiger partial charge in [0.25, 0.3) is 5.91 Å². The van der Waals surface area contributed by atoms with Crippen LogP contribution >= 0.6 is 0 Å². The van der Waals surface area contributed by atoms with Crippen LogP contribution in [-0.4, -0.2) is 38.7 Å². The van der Waals surface area contributed by atoms with E-state index in [0.29, 0.717) is 34.1 Å². The van der Waals surface area contributed by atoms with Gasteiger partial charge in [0.05, 0.1) is 14.2 Å². The van der Waals surface area contributed by atoms with Gasteiger partial charge in [0, 0.05) is 22.6 Å². The fourth-order valence-corrected chi connectivity index (χ4v) is 2.82. The van der Waals surface area contributed by atoms with Gasteiger partial charge < -0.3 is 30.2 Å². The second-order valence-corrected chi connectivity index (χ2v) is 6.71. The molecule has 3 aromatic carbocycles. The number of rotatable bonds is 8. The Labute approximate surface area is 190 Å². The third-order valence-corrected chi connectivity index (χ3v) is 4.41. The lowest BCUT2D eigenvalue weighted by molar-refractivity contribution is -0.142. The van der Waals surface area contributed by atoms with Gasteiger partial charge in [-0.05, 0) is 48.5 Å². The maximum absolute atomic E-state index is 12.7. The largest absolute Gasteiger partial charge is 0.493 e. The Morgan fingerprint density at radius 1 is 0.727 bits per heavy atom. The molecule has 0 atom stereocenters. The molecule has 3 N–H and O–H groups in total. The van der Waals surface area contributed by atoms with Gasteiger partial charge in [-0.3, -0.25) is 4.79 Å². The molecule has 0 aliphatic heterocycles. The van der Waals surface area contributed by atoms with E-state index in [0.717, 1.165) is 0 Å². The quantitative estimate of drug-likeness (QED) is 0.445. The summed E-state index contributed by atoms with van der Waals surface area (Å²) in [4.78, 5) is 36.2. The topological polar surface area (TPSA) is 115 Å². The Morgan fingerprint density at radius 3 is 2.09 bits per heavy atom. The molecule has 9 nitrogen and oxygen atoms in total. The van der Waals surface area contributed by atoms with Crippen LogP contribution in [0.15, 0.2) is 72.8 Å². The number of amides is 3. The van der Waals surface area contributed by atoms with Crippen LogP contribution in [0.2, 0.25) is 0 Å². The van der Waals surface area contributed by atoms with Gasteiger partial charge in [-0.1, -0.05) is 24.3 Å². The molecule has 0 heterocycles. The number of urea groups is 1. The van der Waals surface area contributed by atoms with Crippen molar-refractivity contribution in [2.24, 2.45) is 0 Å². The Hall–Kier alpha value is -4.53. The molecule has 0 spiro atoms. The van der Waals surface area contributed by atoms with E-state index in [4.69, 9.17) is 9.47 Å². The van der Waals surface area contributed by atoms with Gasteiger partial charge in [-0.25, -0.2) is 9.59 Å². The van der Waals surface area contributed by atoms with E-state index < -0.39 is 17.9 Å². The van der Waals surface area contributed by atoms with Crippen molar-refractivity contribution in [2.45, 2.75) is 0 Å². The first-order valence-corrected chi connectivity index (χ1v) is 9.90. The summed E-state index contributed by atoms with van der Waals surface area (Å²) in [5.41, 5.74) is 1.97. The van der Waals surface area contributed by atoms with Crippen molar-refractivity contribution in [3.05, 3.63) is 78.4 Å². The maximum atomic E-state index is 12.7. The van der Waals surface area contributed by atoms with Gasteiger partial charge in [-0.15, -0.1) is 0 Å². The normalized spacial score (nSPS) is 10.0. The van der Waals surface area contributed by atoms with E-state index in [1.165, 1.54) is 26.4 Å². The van der Waals surface area contributed by atoms with Crippen molar-refractivity contribution >= 4 is 35.0 Å². The summed E-state index contributed by atoms with van der Waals surface area (Å²) >= 11 is 0. The highest BCUT2D eigenvalue weighted by atomic mass is 16.6. The molecule has 3 amide bonds. The fraction of sp³-hybridized carbons (Fsp3) is 0.125. The minimum absolute atomic E-state index is 0.282. The number of carbonyl (C=O) groups is 3. The average Bonchev–Trinajstić information content (AvgIpc) is 2.83. The van der Waals surface area contributed by atoms with Crippen molar-refractivity contribution in [3.8, 4) is 11.5 Å². The lowest BCUT2D eigenvalue weighted by atomic mass is 10.1. The number of ether oxygens (including phenoxy) is 3. The summed E-state index contributed by atoms with van der Waals surface area (Å²) in [5.74, 6) is -0.335. The second kappa shape index (κ2) is 11.2. The van der Waals surface area contributed by atoms with E-state index in [-0.39, 0.29) is 6.61 Å². The Morgan fingerprint density at radius 2 is 1.39 bits per heavy atom. The van der Waals surface area contributed by atoms with Gasteiger partial charge in [-0.2, -0.15) is 0 Å². The van der Waals surface area contributed by atoms with Gasteiger partial charge in [0.15, 0.2) is 18.1 Å². The molecule has 170 valence electrons. The third kappa shape index (κ3) is 6.73. The molecule has 0 aliphatic rings. The zero-order valence-electron chi connectivity index (χ0n) is 18.1. The van der Waals surface area contributed by atoms with Crippen LogP contribution in [0.4, 0.5) is 21.9 Å². The van der Waals surface area contributed by atoms with Crippen LogP contribution in [-0.2, 0) is 9.53 Å². The van der Waals surface area contributed by atoms with E-state index in [1.54, 1.807) is 42.5 Å². The summed E-state index contributed by atoms with van der Waals surface area (Å²) < 4.78 is 15.1. The highest BCUT2D eigenvalue weighted by Gasteiger charge is 2.13. The molecule has 0 radical (unpaired) electrons. The fourth-order valence-electron chi connectivity index (χ4n) is 2.82. The zero-order valence-corrected chi connectivity index (χ0v) is 18.1. The monoisotopic (exact) mass is 449 g/mol. The summed E-state index contributed by atoms with van der Waals surface area (Å²) in [6, 6.07) is 19.9. The molecular weight excluding hydrogens is 426 g/mol. The predicted octanol–water partition coefficient (Wildman–Crippen LogP) is 4.14. The Kier molecular flexibility index (Phi) is 7.85. The molecule has 0 aromatic heterocycles. The van der Waals surface area contributed by atoms with Crippen molar-refractivity contribution in [1.29, 1.82) is 0 Å². The molecule has 9 heteroatoms. The van der Waals surface area contributed by atoms with Crippen LogP contribution < -0.4 is 25.4 Å². The number of nitrogens with one attached hydrogen (secondary N) is 3. The molecule has 0 unspecified atom stereocenters. The molecule has 0 fully saturated rings. The molecule has 3 rings (SSSR count). The van der Waals surface area contributed by atoms with Gasteiger partial charge >= 0.3 is 12.0 Å². The molecule has 0 aliphatic carbocycles. The van der Waals surface area contributed by atoms with E-state index in [9.17, 15) is 14.4 Å². The number of anilines is 3. The van der Waals surface area contributed by atoms with E-state index in [1.807, 2.05) is 18.2 Å². The molecule has 33 heavy (non-hydrogen) atoms. The number of esters is 1. The minimum Gasteiger partial charge on any atom is -0.493 e. The first-order chi connectivity index (χ1) is 16.0. The number of hydrogen-bond donors (Lipinski definition) is 3.